The Bertz CT molecular complexity index is 536. The van der Waals surface area contributed by atoms with Crippen LogP contribution in [0.2, 0.25) is 0 Å². The van der Waals surface area contributed by atoms with E-state index < -0.39 is 0 Å². The molecule has 0 radical (unpaired) electrons. The lowest BCUT2D eigenvalue weighted by atomic mass is 10.1. The first-order valence-corrected chi connectivity index (χ1v) is 6.40. The summed E-state index contributed by atoms with van der Waals surface area (Å²) in [7, 11) is 0. The lowest BCUT2D eigenvalue weighted by Crippen LogP contribution is -2.40. The van der Waals surface area contributed by atoms with Crippen molar-refractivity contribution in [1.29, 1.82) is 0 Å². The van der Waals surface area contributed by atoms with Gasteiger partial charge in [0.25, 0.3) is 0 Å². The van der Waals surface area contributed by atoms with E-state index in [4.69, 9.17) is 0 Å². The fourth-order valence-electron chi connectivity index (χ4n) is 1.96. The molecule has 1 aromatic heterocycles. The molecule has 86 valence electrons. The van der Waals surface area contributed by atoms with Crippen LogP contribution in [0.5, 0.6) is 0 Å². The predicted octanol–water partition coefficient (Wildman–Crippen LogP) is 2.72. The van der Waals surface area contributed by atoms with Crippen molar-refractivity contribution in [2.45, 2.75) is 12.5 Å². The summed E-state index contributed by atoms with van der Waals surface area (Å²) in [5.41, 5.74) is 1.86. The summed E-state index contributed by atoms with van der Waals surface area (Å²) in [6.07, 6.45) is 0.734. The van der Waals surface area contributed by atoms with Crippen LogP contribution < -0.4 is 10.6 Å². The maximum Gasteiger partial charge on any atom is 0.247 e. The number of anilines is 2. The minimum Gasteiger partial charge on any atom is -0.372 e. The Morgan fingerprint density at radius 1 is 1.12 bits per heavy atom. The number of thiophene rings is 1. The van der Waals surface area contributed by atoms with Crippen LogP contribution in [0.4, 0.5) is 11.4 Å². The number of hydrogen-bond donors (Lipinski definition) is 2. The minimum atomic E-state index is -0.177. The SMILES string of the molecule is O=C1Nc2ccccc2N[C@@H]1Cc1cccs1. The zero-order valence-electron chi connectivity index (χ0n) is 9.14. The average Bonchev–Trinajstić information content (AvgIpc) is 2.83. The van der Waals surface area contributed by atoms with E-state index in [-0.39, 0.29) is 11.9 Å². The lowest BCUT2D eigenvalue weighted by molar-refractivity contribution is -0.117. The Kier molecular flexibility index (Phi) is 2.57. The van der Waals surface area contributed by atoms with Crippen LogP contribution in [-0.2, 0) is 11.2 Å². The van der Waals surface area contributed by atoms with Crippen LogP contribution in [0, 0.1) is 0 Å². The molecule has 0 saturated heterocycles. The fourth-order valence-corrected chi connectivity index (χ4v) is 2.72. The molecule has 0 saturated carbocycles. The molecule has 0 unspecified atom stereocenters. The summed E-state index contributed by atoms with van der Waals surface area (Å²) in [5.74, 6) is 0.0390. The number of para-hydroxylation sites is 2. The van der Waals surface area contributed by atoms with Crippen molar-refractivity contribution in [2.75, 3.05) is 10.6 Å². The highest BCUT2D eigenvalue weighted by Gasteiger charge is 2.25. The van der Waals surface area contributed by atoms with Crippen LogP contribution in [-0.4, -0.2) is 11.9 Å². The van der Waals surface area contributed by atoms with Crippen molar-refractivity contribution in [2.24, 2.45) is 0 Å². The standard InChI is InChI=1S/C13H12N2OS/c16-13-12(8-9-4-3-7-17-9)14-10-5-1-2-6-11(10)15-13/h1-7,12,14H,8H2,(H,15,16)/t12-/m1/s1. The molecular formula is C13H12N2OS. The van der Waals surface area contributed by atoms with E-state index in [0.717, 1.165) is 17.8 Å². The normalized spacial score (nSPS) is 18.1. The van der Waals surface area contributed by atoms with E-state index in [1.807, 2.05) is 35.7 Å². The molecule has 17 heavy (non-hydrogen) atoms. The molecule has 1 amide bonds. The average molecular weight is 244 g/mol. The number of fused-ring (bicyclic) bond motifs is 1. The van der Waals surface area contributed by atoms with Gasteiger partial charge in [0.05, 0.1) is 11.4 Å². The highest BCUT2D eigenvalue weighted by atomic mass is 32.1. The van der Waals surface area contributed by atoms with Gasteiger partial charge in [-0.2, -0.15) is 0 Å². The molecule has 4 heteroatoms. The molecule has 0 fully saturated rings. The van der Waals surface area contributed by atoms with Crippen LogP contribution in [0.15, 0.2) is 41.8 Å². The second-order valence-corrected chi connectivity index (χ2v) is 5.05. The Hall–Kier alpha value is -1.81. The Morgan fingerprint density at radius 2 is 1.94 bits per heavy atom. The van der Waals surface area contributed by atoms with Gasteiger partial charge in [-0.25, -0.2) is 0 Å². The largest absolute Gasteiger partial charge is 0.372 e. The predicted molar refractivity (Wildman–Crippen MR) is 70.5 cm³/mol. The Labute approximate surface area is 103 Å². The highest BCUT2D eigenvalue weighted by Crippen LogP contribution is 2.27. The van der Waals surface area contributed by atoms with Crippen molar-refractivity contribution < 1.29 is 4.79 Å². The van der Waals surface area contributed by atoms with Crippen molar-refractivity contribution in [3.8, 4) is 0 Å². The monoisotopic (exact) mass is 244 g/mol. The zero-order chi connectivity index (χ0) is 11.7. The molecule has 1 aromatic carbocycles. The molecule has 1 atom stereocenters. The summed E-state index contributed by atoms with van der Waals surface area (Å²) in [4.78, 5) is 13.1. The fraction of sp³-hybridized carbons (Fsp3) is 0.154. The first-order valence-electron chi connectivity index (χ1n) is 5.52. The Morgan fingerprint density at radius 3 is 2.71 bits per heavy atom. The van der Waals surface area contributed by atoms with E-state index in [1.165, 1.54) is 4.88 Å². The second-order valence-electron chi connectivity index (χ2n) is 4.02. The van der Waals surface area contributed by atoms with E-state index in [0.29, 0.717) is 0 Å². The number of hydrogen-bond acceptors (Lipinski definition) is 3. The first kappa shape index (κ1) is 10.4. The highest BCUT2D eigenvalue weighted by molar-refractivity contribution is 7.09. The summed E-state index contributed by atoms with van der Waals surface area (Å²) < 4.78 is 0. The number of rotatable bonds is 2. The number of benzene rings is 1. The van der Waals surface area contributed by atoms with Gasteiger partial charge in [0, 0.05) is 11.3 Å². The van der Waals surface area contributed by atoms with Gasteiger partial charge in [-0.3, -0.25) is 4.79 Å². The van der Waals surface area contributed by atoms with Gasteiger partial charge < -0.3 is 10.6 Å². The van der Waals surface area contributed by atoms with Crippen LogP contribution in [0.25, 0.3) is 0 Å². The molecule has 0 bridgehead atoms. The molecular weight excluding hydrogens is 232 g/mol. The minimum absolute atomic E-state index is 0.0390. The zero-order valence-corrected chi connectivity index (χ0v) is 9.96. The quantitative estimate of drug-likeness (QED) is 0.852. The molecule has 1 aliphatic rings. The van der Waals surface area contributed by atoms with Crippen molar-refractivity contribution in [3.63, 3.8) is 0 Å². The molecule has 2 heterocycles. The van der Waals surface area contributed by atoms with Crippen LogP contribution in [0.3, 0.4) is 0 Å². The first-order chi connectivity index (χ1) is 8.33. The van der Waals surface area contributed by atoms with E-state index >= 15 is 0 Å². The van der Waals surface area contributed by atoms with Gasteiger partial charge >= 0.3 is 0 Å². The number of carbonyl (C=O) groups excluding carboxylic acids is 1. The third-order valence-corrected chi connectivity index (χ3v) is 3.72. The summed E-state index contributed by atoms with van der Waals surface area (Å²) in [6.45, 7) is 0. The van der Waals surface area contributed by atoms with Gasteiger partial charge in [0.2, 0.25) is 5.91 Å². The van der Waals surface area contributed by atoms with Gasteiger partial charge in [-0.05, 0) is 23.6 Å². The van der Waals surface area contributed by atoms with E-state index in [1.54, 1.807) is 11.3 Å². The van der Waals surface area contributed by atoms with Gasteiger partial charge in [0.1, 0.15) is 6.04 Å². The van der Waals surface area contributed by atoms with E-state index in [2.05, 4.69) is 16.7 Å². The third-order valence-electron chi connectivity index (χ3n) is 2.82. The smallest absolute Gasteiger partial charge is 0.247 e. The number of carbonyl (C=O) groups is 1. The molecule has 0 spiro atoms. The molecule has 2 aromatic rings. The summed E-state index contributed by atoms with van der Waals surface area (Å²) >= 11 is 1.68. The maximum absolute atomic E-state index is 11.9. The van der Waals surface area contributed by atoms with Gasteiger partial charge in [-0.15, -0.1) is 11.3 Å². The summed E-state index contributed by atoms with van der Waals surface area (Å²) in [5, 5.41) is 8.24. The van der Waals surface area contributed by atoms with Gasteiger partial charge in [-0.1, -0.05) is 18.2 Å². The molecule has 0 aliphatic carbocycles. The van der Waals surface area contributed by atoms with Crippen LogP contribution >= 0.6 is 11.3 Å². The van der Waals surface area contributed by atoms with E-state index in [9.17, 15) is 4.79 Å². The number of amides is 1. The third kappa shape index (κ3) is 2.03. The maximum atomic E-state index is 11.9. The van der Waals surface area contributed by atoms with Crippen molar-refractivity contribution in [1.82, 2.24) is 0 Å². The molecule has 1 aliphatic heterocycles. The molecule has 2 N–H and O–H groups in total. The van der Waals surface area contributed by atoms with Crippen molar-refractivity contribution >= 4 is 28.6 Å². The van der Waals surface area contributed by atoms with Crippen molar-refractivity contribution in [3.05, 3.63) is 46.7 Å². The second kappa shape index (κ2) is 4.22. The topological polar surface area (TPSA) is 41.1 Å². The van der Waals surface area contributed by atoms with Crippen LogP contribution in [0.1, 0.15) is 4.88 Å². The lowest BCUT2D eigenvalue weighted by Gasteiger charge is -2.26. The summed E-state index contributed by atoms with van der Waals surface area (Å²) in [6, 6.07) is 11.7. The molecule has 3 rings (SSSR count). The number of nitrogens with one attached hydrogen (secondary N) is 2. The molecule has 3 nitrogen and oxygen atoms in total. The Balaban J connectivity index is 1.82. The van der Waals surface area contributed by atoms with Gasteiger partial charge in [0.15, 0.2) is 0 Å².